The number of anilines is 1. The number of rotatable bonds is 5. The Balaban J connectivity index is 1.39. The van der Waals surface area contributed by atoms with Gasteiger partial charge in [-0.2, -0.15) is 13.2 Å². The second-order valence-electron chi connectivity index (χ2n) is 9.51. The lowest BCUT2D eigenvalue weighted by molar-refractivity contribution is -0.138. The second-order valence-corrected chi connectivity index (χ2v) is 9.51. The first-order valence-corrected chi connectivity index (χ1v) is 12.1. The summed E-state index contributed by atoms with van der Waals surface area (Å²) in [5, 5.41) is 2.65. The van der Waals surface area contributed by atoms with Gasteiger partial charge in [0.1, 0.15) is 5.82 Å². The van der Waals surface area contributed by atoms with Crippen LogP contribution in [0.15, 0.2) is 67.0 Å². The number of nitrogens with zero attached hydrogens (tertiary/aromatic N) is 4. The highest BCUT2D eigenvalue weighted by molar-refractivity contribution is 6.05. The number of likely N-dealkylation sites (N-methyl/N-ethyl adjacent to an activating group) is 1. The Hall–Kier alpha value is -3.69. The number of hydrogen-bond acceptors (Lipinski definition) is 4. The van der Waals surface area contributed by atoms with E-state index in [0.29, 0.717) is 24.5 Å². The summed E-state index contributed by atoms with van der Waals surface area (Å²) in [6, 6.07) is 15.0. The van der Waals surface area contributed by atoms with Crippen LogP contribution >= 0.6 is 0 Å². The molecule has 1 aliphatic rings. The minimum atomic E-state index is -4.53. The lowest BCUT2D eigenvalue weighted by Gasteiger charge is -2.33. The Kier molecular flexibility index (Phi) is 6.74. The van der Waals surface area contributed by atoms with E-state index < -0.39 is 17.6 Å². The molecule has 0 unspecified atom stereocenters. The maximum Gasteiger partial charge on any atom is 0.416 e. The van der Waals surface area contributed by atoms with Crippen LogP contribution in [0, 0.1) is 6.92 Å². The van der Waals surface area contributed by atoms with Gasteiger partial charge in [-0.1, -0.05) is 18.2 Å². The highest BCUT2D eigenvalue weighted by Crippen LogP contribution is 2.35. The van der Waals surface area contributed by atoms with E-state index in [0.717, 1.165) is 35.8 Å². The van der Waals surface area contributed by atoms with Crippen molar-refractivity contribution in [3.05, 3.63) is 89.2 Å². The third kappa shape index (κ3) is 5.38. The fourth-order valence-electron chi connectivity index (χ4n) is 4.65. The van der Waals surface area contributed by atoms with Gasteiger partial charge >= 0.3 is 6.18 Å². The Labute approximate surface area is 213 Å². The van der Waals surface area contributed by atoms with E-state index in [1.165, 1.54) is 12.1 Å². The molecule has 1 saturated heterocycles. The van der Waals surface area contributed by atoms with Gasteiger partial charge < -0.3 is 10.2 Å². The molecule has 3 heterocycles. The average molecular weight is 508 g/mol. The zero-order chi connectivity index (χ0) is 26.2. The number of benzene rings is 2. The molecule has 1 amide bonds. The number of halogens is 3. The van der Waals surface area contributed by atoms with E-state index in [-0.39, 0.29) is 17.8 Å². The molecule has 0 spiro atoms. The van der Waals surface area contributed by atoms with Crippen LogP contribution in [-0.4, -0.2) is 58.3 Å². The maximum atomic E-state index is 13.9. The van der Waals surface area contributed by atoms with Crippen molar-refractivity contribution in [2.45, 2.75) is 19.6 Å². The van der Waals surface area contributed by atoms with E-state index >= 15 is 0 Å². The first kappa shape index (κ1) is 25.0. The van der Waals surface area contributed by atoms with Crippen molar-refractivity contribution >= 4 is 17.1 Å². The zero-order valence-corrected chi connectivity index (χ0v) is 20.7. The van der Waals surface area contributed by atoms with Crippen LogP contribution in [0.1, 0.15) is 27.0 Å². The lowest BCUT2D eigenvalue weighted by Crippen LogP contribution is -2.44. The molecule has 2 aromatic heterocycles. The summed E-state index contributed by atoms with van der Waals surface area (Å²) in [6.45, 7) is 5.22. The average Bonchev–Trinajstić information content (AvgIpc) is 3.30. The van der Waals surface area contributed by atoms with E-state index in [1.54, 1.807) is 18.3 Å². The predicted octanol–water partition coefficient (Wildman–Crippen LogP) is 5.33. The maximum absolute atomic E-state index is 13.9. The number of alkyl halides is 3. The van der Waals surface area contributed by atoms with Gasteiger partial charge in [0.05, 0.1) is 17.3 Å². The SMILES string of the molecule is Cc1ccc(C(=O)Nc2ccc(CN3CCN(C)CC3)c(C(F)(F)F)c2)cc1-c1ncc2ccccn12. The van der Waals surface area contributed by atoms with Crippen molar-refractivity contribution in [3.8, 4) is 11.4 Å². The number of aromatic nitrogens is 2. The number of imidazole rings is 1. The summed E-state index contributed by atoms with van der Waals surface area (Å²) in [6.07, 6.45) is -0.877. The monoisotopic (exact) mass is 507 g/mol. The summed E-state index contributed by atoms with van der Waals surface area (Å²) >= 11 is 0. The van der Waals surface area contributed by atoms with Crippen LogP contribution < -0.4 is 5.32 Å². The van der Waals surface area contributed by atoms with E-state index in [1.807, 2.05) is 53.7 Å². The Morgan fingerprint density at radius 2 is 1.81 bits per heavy atom. The molecular formula is C28H28F3N5O. The molecule has 0 bridgehead atoms. The van der Waals surface area contributed by atoms with Gasteiger partial charge in [0.25, 0.3) is 5.91 Å². The van der Waals surface area contributed by atoms with Crippen LogP contribution in [0.2, 0.25) is 0 Å². The summed E-state index contributed by atoms with van der Waals surface area (Å²) in [5.74, 6) is 0.206. The van der Waals surface area contributed by atoms with Crippen molar-refractivity contribution in [1.29, 1.82) is 0 Å². The molecule has 1 aliphatic heterocycles. The van der Waals surface area contributed by atoms with E-state index in [9.17, 15) is 18.0 Å². The van der Waals surface area contributed by atoms with Crippen molar-refractivity contribution < 1.29 is 18.0 Å². The van der Waals surface area contributed by atoms with Crippen LogP contribution in [0.4, 0.5) is 18.9 Å². The third-order valence-electron chi connectivity index (χ3n) is 6.84. The number of hydrogen-bond donors (Lipinski definition) is 1. The summed E-state index contributed by atoms with van der Waals surface area (Å²) in [7, 11) is 2.00. The van der Waals surface area contributed by atoms with Crippen LogP contribution in [0.25, 0.3) is 16.9 Å². The van der Waals surface area contributed by atoms with Gasteiger partial charge in [0, 0.05) is 55.7 Å². The normalized spacial score (nSPS) is 15.3. The van der Waals surface area contributed by atoms with Crippen LogP contribution in [-0.2, 0) is 12.7 Å². The molecule has 1 N–H and O–H groups in total. The number of fused-ring (bicyclic) bond motifs is 1. The summed E-state index contributed by atoms with van der Waals surface area (Å²) < 4.78 is 43.7. The highest BCUT2D eigenvalue weighted by Gasteiger charge is 2.34. The first-order valence-electron chi connectivity index (χ1n) is 12.1. The van der Waals surface area contributed by atoms with E-state index in [4.69, 9.17) is 0 Å². The molecule has 192 valence electrons. The number of carbonyl (C=O) groups is 1. The molecule has 4 aromatic rings. The largest absolute Gasteiger partial charge is 0.416 e. The molecule has 1 fully saturated rings. The molecule has 0 atom stereocenters. The molecule has 5 rings (SSSR count). The molecular weight excluding hydrogens is 479 g/mol. The number of aryl methyl sites for hydroxylation is 1. The Morgan fingerprint density at radius 3 is 2.57 bits per heavy atom. The smallest absolute Gasteiger partial charge is 0.322 e. The van der Waals surface area contributed by atoms with Gasteiger partial charge in [0.2, 0.25) is 0 Å². The van der Waals surface area contributed by atoms with Gasteiger partial charge in [0.15, 0.2) is 0 Å². The molecule has 9 heteroatoms. The minimum Gasteiger partial charge on any atom is -0.322 e. The van der Waals surface area contributed by atoms with Gasteiger partial charge in [-0.15, -0.1) is 0 Å². The Morgan fingerprint density at radius 1 is 1.03 bits per heavy atom. The Bertz CT molecular complexity index is 1440. The zero-order valence-electron chi connectivity index (χ0n) is 20.7. The van der Waals surface area contributed by atoms with Crippen molar-refractivity contribution in [3.63, 3.8) is 0 Å². The molecule has 6 nitrogen and oxygen atoms in total. The number of carbonyl (C=O) groups excluding carboxylic acids is 1. The minimum absolute atomic E-state index is 0.104. The molecule has 0 radical (unpaired) electrons. The van der Waals surface area contributed by atoms with Gasteiger partial charge in [-0.05, 0) is 61.5 Å². The van der Waals surface area contributed by atoms with Gasteiger partial charge in [-0.3, -0.25) is 14.1 Å². The number of pyridine rings is 1. The topological polar surface area (TPSA) is 52.9 Å². The molecule has 2 aromatic carbocycles. The number of nitrogens with one attached hydrogen (secondary N) is 1. The number of piperazine rings is 1. The molecule has 37 heavy (non-hydrogen) atoms. The van der Waals surface area contributed by atoms with Crippen molar-refractivity contribution in [1.82, 2.24) is 19.2 Å². The highest BCUT2D eigenvalue weighted by atomic mass is 19.4. The predicted molar refractivity (Wildman–Crippen MR) is 138 cm³/mol. The first-order chi connectivity index (χ1) is 17.7. The molecule has 0 saturated carbocycles. The van der Waals surface area contributed by atoms with Crippen molar-refractivity contribution in [2.24, 2.45) is 0 Å². The second kappa shape index (κ2) is 9.99. The van der Waals surface area contributed by atoms with E-state index in [2.05, 4.69) is 15.2 Å². The third-order valence-corrected chi connectivity index (χ3v) is 6.84. The molecule has 0 aliphatic carbocycles. The van der Waals surface area contributed by atoms with Crippen molar-refractivity contribution in [2.75, 3.05) is 38.5 Å². The van der Waals surface area contributed by atoms with Crippen LogP contribution in [0.3, 0.4) is 0 Å². The quantitative estimate of drug-likeness (QED) is 0.397. The fraction of sp³-hybridized carbons (Fsp3) is 0.286. The lowest BCUT2D eigenvalue weighted by atomic mass is 10.0. The summed E-state index contributed by atoms with van der Waals surface area (Å²) in [5.41, 5.74) is 2.55. The van der Waals surface area contributed by atoms with Gasteiger partial charge in [-0.25, -0.2) is 4.98 Å². The standard InChI is InChI=1S/C28H28F3N5O/c1-19-6-7-20(15-24(19)26-32-17-23-5-3-4-10-36(23)26)27(37)33-22-9-8-21(25(16-22)28(29,30)31)18-35-13-11-34(2)12-14-35/h3-10,15-17H,11-14,18H2,1-2H3,(H,33,37). The number of amides is 1. The fourth-order valence-corrected chi connectivity index (χ4v) is 4.65. The van der Waals surface area contributed by atoms with Crippen LogP contribution in [0.5, 0.6) is 0 Å². The summed E-state index contributed by atoms with van der Waals surface area (Å²) in [4.78, 5) is 21.8.